The van der Waals surface area contributed by atoms with Crippen molar-refractivity contribution in [2.24, 2.45) is 7.05 Å². The summed E-state index contributed by atoms with van der Waals surface area (Å²) in [6, 6.07) is 19.2. The number of carbonyl (C=O) groups is 1. The van der Waals surface area contributed by atoms with Crippen molar-refractivity contribution >= 4 is 77.5 Å². The molecule has 0 saturated carbocycles. The van der Waals surface area contributed by atoms with Crippen LogP contribution >= 0.6 is 0 Å². The van der Waals surface area contributed by atoms with Crippen LogP contribution in [0.4, 0.5) is 40.6 Å². The molecule has 310 valence electrons. The quantitative estimate of drug-likeness (QED) is 0.0713. The van der Waals surface area contributed by atoms with Gasteiger partial charge in [-0.3, -0.25) is 9.59 Å². The summed E-state index contributed by atoms with van der Waals surface area (Å²) in [4.78, 5) is 41.2. The van der Waals surface area contributed by atoms with E-state index in [0.717, 1.165) is 25.0 Å². The summed E-state index contributed by atoms with van der Waals surface area (Å²) in [6.07, 6.45) is 1.57. The average molecular weight is 899 g/mol. The maximum atomic E-state index is 14.1. The fourth-order valence-corrected chi connectivity index (χ4v) is 8.36. The minimum absolute atomic E-state index is 0. The van der Waals surface area contributed by atoms with Crippen molar-refractivity contribution in [3.8, 4) is 16.9 Å². The molecule has 0 atom stereocenters. The number of anilines is 7. The number of aryl methyl sites for hydroxylation is 1. The van der Waals surface area contributed by atoms with Crippen molar-refractivity contribution in [3.05, 3.63) is 100 Å². The minimum atomic E-state index is -5.09. The molecule has 1 aliphatic carbocycles. The van der Waals surface area contributed by atoms with Gasteiger partial charge in [-0.05, 0) is 66.1 Å². The predicted molar refractivity (Wildman–Crippen MR) is 220 cm³/mol. The maximum absolute atomic E-state index is 14.1. The number of ketones is 1. The number of benzene rings is 4. The Morgan fingerprint density at radius 3 is 2.11 bits per heavy atom. The summed E-state index contributed by atoms with van der Waals surface area (Å²) in [5.74, 6) is -0.243. The van der Waals surface area contributed by atoms with Gasteiger partial charge in [-0.15, -0.1) is 0 Å². The van der Waals surface area contributed by atoms with Crippen molar-refractivity contribution in [1.82, 2.24) is 19.5 Å². The number of rotatable bonds is 13. The first-order valence-corrected chi connectivity index (χ1v) is 21.5. The molecular weight excluding hydrogens is 863 g/mol. The van der Waals surface area contributed by atoms with Crippen LogP contribution in [-0.2, 0) is 32.0 Å². The molecule has 1 aliphatic heterocycles. The van der Waals surface area contributed by atoms with Gasteiger partial charge in [0.1, 0.15) is 26.0 Å². The van der Waals surface area contributed by atoms with Crippen LogP contribution in [0, 0.1) is 0 Å². The molecule has 0 bridgehead atoms. The van der Waals surface area contributed by atoms with E-state index >= 15 is 0 Å². The molecule has 22 heteroatoms. The normalized spacial score (nSPS) is 13.4. The molecule has 0 amide bonds. The van der Waals surface area contributed by atoms with Gasteiger partial charge in [-0.2, -0.15) is 15.0 Å². The zero-order valence-corrected chi connectivity index (χ0v) is 39.7. The number of fused-ring (bicyclic) bond motifs is 2. The van der Waals surface area contributed by atoms with Crippen LogP contribution in [0.1, 0.15) is 35.7 Å². The van der Waals surface area contributed by atoms with Crippen LogP contribution < -0.4 is 90.3 Å². The molecule has 0 spiro atoms. The van der Waals surface area contributed by atoms with E-state index in [4.69, 9.17) is 9.47 Å². The second-order valence-corrected chi connectivity index (χ2v) is 16.6. The molecule has 1 fully saturated rings. The van der Waals surface area contributed by atoms with E-state index < -0.39 is 30.0 Å². The molecule has 6 aromatic rings. The molecule has 2 aliphatic rings. The van der Waals surface area contributed by atoms with Crippen LogP contribution in [0.3, 0.4) is 0 Å². The Morgan fingerprint density at radius 2 is 1.42 bits per heavy atom. The molecule has 4 aromatic carbocycles. The van der Waals surface area contributed by atoms with E-state index in [1.807, 2.05) is 11.8 Å². The number of hydrogen-bond acceptors (Lipinski definition) is 17. The molecular formula is C40H36N8Na2O10S2. The number of carbonyl (C=O) groups excluding carboxylic acids is 1. The van der Waals surface area contributed by atoms with Gasteiger partial charge in [0.05, 0.1) is 57.8 Å². The maximum Gasteiger partial charge on any atom is 1.00 e. The number of nitrogens with zero attached hydrogens (tertiary/aromatic N) is 5. The average Bonchev–Trinajstić information content (AvgIpc) is 3.21. The SMILES string of the molecule is CCCCOc1ccc(Nc2nc(Nc3ccc(S(=O)(=O)[O-])c(Nc4ccc5c6c(cc(=O)n5C)-c5ccccc5C(=O)c46)c3)nc(N3CCOCC3)n2)c(S(=O)(=O)[O-])c1.[Na+].[Na+]. The third kappa shape index (κ3) is 9.70. The van der Waals surface area contributed by atoms with Crippen LogP contribution in [0.25, 0.3) is 22.0 Å². The molecule has 2 aromatic heterocycles. The van der Waals surface area contributed by atoms with Gasteiger partial charge in [0.2, 0.25) is 17.8 Å². The van der Waals surface area contributed by atoms with Crippen molar-refractivity contribution < 1.29 is 99.3 Å². The third-order valence-corrected chi connectivity index (χ3v) is 11.8. The van der Waals surface area contributed by atoms with Gasteiger partial charge >= 0.3 is 59.1 Å². The molecule has 0 radical (unpaired) electrons. The Labute approximate surface area is 400 Å². The van der Waals surface area contributed by atoms with Gasteiger partial charge in [-0.25, -0.2) is 16.8 Å². The van der Waals surface area contributed by atoms with Gasteiger partial charge in [0.25, 0.3) is 5.56 Å². The van der Waals surface area contributed by atoms with Crippen LogP contribution in [0.5, 0.6) is 5.75 Å². The van der Waals surface area contributed by atoms with E-state index in [0.29, 0.717) is 60.5 Å². The van der Waals surface area contributed by atoms with Crippen LogP contribution in [0.15, 0.2) is 93.4 Å². The largest absolute Gasteiger partial charge is 1.00 e. The van der Waals surface area contributed by atoms with Crippen molar-refractivity contribution in [3.63, 3.8) is 0 Å². The van der Waals surface area contributed by atoms with Crippen molar-refractivity contribution in [2.75, 3.05) is 53.8 Å². The Morgan fingerprint density at radius 1 is 0.742 bits per heavy atom. The fraction of sp³-hybridized carbons (Fsp3) is 0.225. The topological polar surface area (TPSA) is 250 Å². The van der Waals surface area contributed by atoms with Crippen LogP contribution in [-0.4, -0.2) is 84.2 Å². The van der Waals surface area contributed by atoms with E-state index in [9.17, 15) is 35.5 Å². The summed E-state index contributed by atoms with van der Waals surface area (Å²) in [5, 5.41) is 9.32. The number of unbranched alkanes of at least 4 members (excludes halogenated alkanes) is 1. The van der Waals surface area contributed by atoms with Crippen LogP contribution in [0.2, 0.25) is 0 Å². The zero-order valence-electron chi connectivity index (χ0n) is 34.1. The molecule has 0 unspecified atom stereocenters. The number of ether oxygens (including phenoxy) is 2. The minimum Gasteiger partial charge on any atom is -0.744 e. The van der Waals surface area contributed by atoms with Gasteiger partial charge < -0.3 is 44.0 Å². The van der Waals surface area contributed by atoms with E-state index in [1.165, 1.54) is 41.0 Å². The van der Waals surface area contributed by atoms with Gasteiger partial charge in [-0.1, -0.05) is 37.6 Å². The second kappa shape index (κ2) is 19.1. The first kappa shape index (κ1) is 47.0. The fourth-order valence-electron chi connectivity index (χ4n) is 7.09. The number of nitrogens with one attached hydrogen (secondary N) is 3. The third-order valence-electron chi connectivity index (χ3n) is 10.0. The summed E-state index contributed by atoms with van der Waals surface area (Å²) in [5.41, 5.74) is 1.87. The smallest absolute Gasteiger partial charge is 0.744 e. The summed E-state index contributed by atoms with van der Waals surface area (Å²) in [7, 11) is -8.51. The Bertz CT molecular complexity index is 3000. The first-order valence-electron chi connectivity index (χ1n) is 18.7. The van der Waals surface area contributed by atoms with E-state index in [1.54, 1.807) is 37.4 Å². The Hall–Kier alpha value is -4.45. The molecule has 3 heterocycles. The molecule has 8 rings (SSSR count). The monoisotopic (exact) mass is 898 g/mol. The predicted octanol–water partition coefficient (Wildman–Crippen LogP) is -1.00. The Balaban J connectivity index is 0.00000321. The van der Waals surface area contributed by atoms with E-state index in [-0.39, 0.29) is 122 Å². The summed E-state index contributed by atoms with van der Waals surface area (Å²) in [6.45, 7) is 3.86. The number of hydrogen-bond donors (Lipinski definition) is 3. The van der Waals surface area contributed by atoms with E-state index in [2.05, 4.69) is 30.9 Å². The number of aromatic nitrogens is 4. The molecule has 1 saturated heterocycles. The summed E-state index contributed by atoms with van der Waals surface area (Å²) >= 11 is 0. The Kier molecular flexibility index (Phi) is 14.5. The second-order valence-electron chi connectivity index (χ2n) is 13.9. The summed E-state index contributed by atoms with van der Waals surface area (Å²) < 4.78 is 87.6. The molecule has 18 nitrogen and oxygen atoms in total. The molecule has 62 heavy (non-hydrogen) atoms. The standard InChI is InChI=1S/C40H38N8O10S2.2Na/c1-3-4-17-58-24-10-11-28(33(21-24)60(54,55)56)43-39-44-38(45-40(46-39)48-15-18-57-19-16-48)41-23-9-14-32(59(51,52)53)30(20-23)42-29-12-13-31-35-27(22-34(49)47(31)2)25-7-5-6-8-26(25)37(50)36(29)35;;/h5-14,20-22,42H,3-4,15-19H2,1-2H3,(H,51,52,53)(H,54,55,56)(H2,41,43,44,45,46);;/q;2*+1/p-2. The number of morpholine rings is 1. The zero-order chi connectivity index (χ0) is 42.3. The van der Waals surface area contributed by atoms with Gasteiger partial charge in [0, 0.05) is 42.8 Å². The van der Waals surface area contributed by atoms with Crippen molar-refractivity contribution in [1.29, 1.82) is 0 Å². The molecule has 3 N–H and O–H groups in total. The van der Waals surface area contributed by atoms with Gasteiger partial charge in [0.15, 0.2) is 5.78 Å². The van der Waals surface area contributed by atoms with Crippen molar-refractivity contribution in [2.45, 2.75) is 29.6 Å². The first-order chi connectivity index (χ1) is 28.7. The number of pyridine rings is 1.